The molecule has 21 heavy (non-hydrogen) atoms. The third kappa shape index (κ3) is 2.29. The van der Waals surface area contributed by atoms with Crippen LogP contribution in [0, 0.1) is 18.3 Å². The maximum absolute atomic E-state index is 12.8. The number of hydrogen-bond acceptors (Lipinski definition) is 4. The number of aliphatic hydroxyl groups excluding tert-OH is 1. The minimum Gasteiger partial charge on any atom is -0.396 e. The molecule has 0 radical (unpaired) electrons. The molecule has 116 valence electrons. The summed E-state index contributed by atoms with van der Waals surface area (Å²) >= 11 is 6.03. The first-order chi connectivity index (χ1) is 9.90. The molecule has 0 bridgehead atoms. The van der Waals surface area contributed by atoms with Crippen LogP contribution in [0.4, 0.5) is 0 Å². The molecule has 0 aliphatic carbocycles. The molecule has 0 spiro atoms. The molecular formula is C14H18ClNO4S. The van der Waals surface area contributed by atoms with Gasteiger partial charge in [-0.15, -0.1) is 0 Å². The largest absolute Gasteiger partial charge is 0.396 e. The predicted octanol–water partition coefficient (Wildman–Crippen LogP) is 1.28. The Morgan fingerprint density at radius 3 is 2.95 bits per heavy atom. The van der Waals surface area contributed by atoms with Gasteiger partial charge in [-0.3, -0.25) is 0 Å². The predicted molar refractivity (Wildman–Crippen MR) is 78.8 cm³/mol. The van der Waals surface area contributed by atoms with E-state index in [0.717, 1.165) is 0 Å². The van der Waals surface area contributed by atoms with E-state index < -0.39 is 15.4 Å². The number of sulfonamides is 1. The summed E-state index contributed by atoms with van der Waals surface area (Å²) < 4.78 is 32.5. The van der Waals surface area contributed by atoms with Crippen molar-refractivity contribution >= 4 is 21.6 Å². The molecular weight excluding hydrogens is 314 g/mol. The number of aliphatic hydroxyl groups is 1. The summed E-state index contributed by atoms with van der Waals surface area (Å²) in [5.41, 5.74) is 0.102. The number of fused-ring (bicyclic) bond motifs is 1. The number of benzene rings is 1. The average Bonchev–Trinajstić information content (AvgIpc) is 2.99. The Morgan fingerprint density at radius 1 is 1.52 bits per heavy atom. The van der Waals surface area contributed by atoms with E-state index in [1.165, 1.54) is 4.31 Å². The van der Waals surface area contributed by atoms with Gasteiger partial charge in [0, 0.05) is 29.4 Å². The first-order valence-corrected chi connectivity index (χ1v) is 8.66. The summed E-state index contributed by atoms with van der Waals surface area (Å²) in [6.45, 7) is 3.24. The van der Waals surface area contributed by atoms with Crippen LogP contribution >= 0.6 is 11.6 Å². The molecule has 2 aliphatic rings. The minimum absolute atomic E-state index is 0.0526. The molecule has 2 fully saturated rings. The Morgan fingerprint density at radius 2 is 2.29 bits per heavy atom. The molecule has 1 aromatic carbocycles. The fourth-order valence-electron chi connectivity index (χ4n) is 3.20. The van der Waals surface area contributed by atoms with Crippen molar-refractivity contribution in [3.05, 3.63) is 28.8 Å². The maximum Gasteiger partial charge on any atom is 0.243 e. The molecule has 7 heteroatoms. The van der Waals surface area contributed by atoms with E-state index in [0.29, 0.717) is 36.9 Å². The van der Waals surface area contributed by atoms with Crippen LogP contribution in [0.1, 0.15) is 5.56 Å². The van der Waals surface area contributed by atoms with Crippen molar-refractivity contribution in [2.45, 2.75) is 11.8 Å². The lowest BCUT2D eigenvalue weighted by Gasteiger charge is -2.24. The topological polar surface area (TPSA) is 66.8 Å². The van der Waals surface area contributed by atoms with Gasteiger partial charge in [-0.1, -0.05) is 17.7 Å². The molecule has 2 aliphatic heterocycles. The Bertz CT molecular complexity index is 663. The molecule has 1 N–H and O–H groups in total. The lowest BCUT2D eigenvalue weighted by atomic mass is 9.82. The van der Waals surface area contributed by atoms with Gasteiger partial charge in [-0.2, -0.15) is 4.31 Å². The van der Waals surface area contributed by atoms with Crippen molar-refractivity contribution < 1.29 is 18.3 Å². The zero-order chi connectivity index (χ0) is 15.3. The maximum atomic E-state index is 12.8. The van der Waals surface area contributed by atoms with Crippen LogP contribution in [0.5, 0.6) is 0 Å². The van der Waals surface area contributed by atoms with Gasteiger partial charge in [-0.25, -0.2) is 8.42 Å². The molecule has 0 unspecified atom stereocenters. The SMILES string of the molecule is Cc1c(Cl)cccc1S(=O)(=O)N1C[C@H]2COC[C@@]2(CO)C1. The van der Waals surface area contributed by atoms with Crippen LogP contribution in [0.3, 0.4) is 0 Å². The quantitative estimate of drug-likeness (QED) is 0.906. The Kier molecular flexibility index (Phi) is 3.78. The fraction of sp³-hybridized carbons (Fsp3) is 0.571. The standard InChI is InChI=1S/C14H18ClNO4S/c1-10-12(15)3-2-4-13(10)21(18,19)16-5-11-6-20-9-14(11,7-16)8-17/h2-4,11,17H,5-9H2,1H3/t11-,14-/m0/s1. The molecule has 2 heterocycles. The highest BCUT2D eigenvalue weighted by atomic mass is 35.5. The average molecular weight is 332 g/mol. The van der Waals surface area contributed by atoms with E-state index in [1.54, 1.807) is 25.1 Å². The van der Waals surface area contributed by atoms with E-state index in [2.05, 4.69) is 0 Å². The number of rotatable bonds is 3. The van der Waals surface area contributed by atoms with E-state index in [4.69, 9.17) is 16.3 Å². The van der Waals surface area contributed by atoms with Crippen LogP contribution < -0.4 is 0 Å². The zero-order valence-corrected chi connectivity index (χ0v) is 13.3. The number of hydrogen-bond donors (Lipinski definition) is 1. The molecule has 0 amide bonds. The van der Waals surface area contributed by atoms with Crippen molar-refractivity contribution in [1.29, 1.82) is 0 Å². The highest BCUT2D eigenvalue weighted by Gasteiger charge is 2.53. The fourth-order valence-corrected chi connectivity index (χ4v) is 5.26. The molecule has 2 saturated heterocycles. The van der Waals surface area contributed by atoms with Gasteiger partial charge in [-0.05, 0) is 24.6 Å². The lowest BCUT2D eigenvalue weighted by Crippen LogP contribution is -2.36. The zero-order valence-electron chi connectivity index (χ0n) is 11.8. The summed E-state index contributed by atoms with van der Waals surface area (Å²) in [6.07, 6.45) is 0. The minimum atomic E-state index is -3.60. The third-order valence-electron chi connectivity index (χ3n) is 4.64. The van der Waals surface area contributed by atoms with Gasteiger partial charge >= 0.3 is 0 Å². The highest BCUT2D eigenvalue weighted by Crippen LogP contribution is 2.43. The lowest BCUT2D eigenvalue weighted by molar-refractivity contribution is 0.0905. The van der Waals surface area contributed by atoms with Gasteiger partial charge in [0.1, 0.15) is 0 Å². The summed E-state index contributed by atoms with van der Waals surface area (Å²) in [5, 5.41) is 10.1. The van der Waals surface area contributed by atoms with Crippen molar-refractivity contribution in [3.8, 4) is 0 Å². The van der Waals surface area contributed by atoms with Crippen molar-refractivity contribution in [3.63, 3.8) is 0 Å². The summed E-state index contributed by atoms with van der Waals surface area (Å²) in [6, 6.07) is 4.90. The molecule has 0 saturated carbocycles. The van der Waals surface area contributed by atoms with Crippen LogP contribution in [-0.4, -0.2) is 50.7 Å². The molecule has 5 nitrogen and oxygen atoms in total. The molecule has 0 aromatic heterocycles. The monoisotopic (exact) mass is 331 g/mol. The number of nitrogens with zero attached hydrogens (tertiary/aromatic N) is 1. The normalized spacial score (nSPS) is 29.8. The van der Waals surface area contributed by atoms with Crippen LogP contribution in [0.15, 0.2) is 23.1 Å². The van der Waals surface area contributed by atoms with Gasteiger partial charge < -0.3 is 9.84 Å². The van der Waals surface area contributed by atoms with Gasteiger partial charge in [0.2, 0.25) is 10.0 Å². The number of halogens is 1. The Hall–Kier alpha value is -0.660. The van der Waals surface area contributed by atoms with E-state index in [-0.39, 0.29) is 17.4 Å². The van der Waals surface area contributed by atoms with Crippen molar-refractivity contribution in [2.24, 2.45) is 11.3 Å². The first kappa shape index (κ1) is 15.2. The van der Waals surface area contributed by atoms with Crippen LogP contribution in [0.25, 0.3) is 0 Å². The highest BCUT2D eigenvalue weighted by molar-refractivity contribution is 7.89. The molecule has 2 atom stereocenters. The van der Waals surface area contributed by atoms with Gasteiger partial charge in [0.15, 0.2) is 0 Å². The van der Waals surface area contributed by atoms with Crippen LogP contribution in [-0.2, 0) is 14.8 Å². The molecule has 3 rings (SSSR count). The van der Waals surface area contributed by atoms with E-state index in [1.807, 2.05) is 0 Å². The second-order valence-electron chi connectivity index (χ2n) is 5.89. The van der Waals surface area contributed by atoms with Crippen molar-refractivity contribution in [2.75, 3.05) is 32.9 Å². The second-order valence-corrected chi connectivity index (χ2v) is 8.21. The van der Waals surface area contributed by atoms with Gasteiger partial charge in [0.05, 0.1) is 24.7 Å². The first-order valence-electron chi connectivity index (χ1n) is 6.84. The summed E-state index contributed by atoms with van der Waals surface area (Å²) in [4.78, 5) is 0.240. The van der Waals surface area contributed by atoms with E-state index in [9.17, 15) is 13.5 Å². The van der Waals surface area contributed by atoms with Gasteiger partial charge in [0.25, 0.3) is 0 Å². The van der Waals surface area contributed by atoms with Crippen molar-refractivity contribution in [1.82, 2.24) is 4.31 Å². The van der Waals surface area contributed by atoms with E-state index >= 15 is 0 Å². The Labute approximate surface area is 129 Å². The molecule has 1 aromatic rings. The summed E-state index contributed by atoms with van der Waals surface area (Å²) in [7, 11) is -3.60. The van der Waals surface area contributed by atoms with Crippen LogP contribution in [0.2, 0.25) is 5.02 Å². The Balaban J connectivity index is 1.96. The third-order valence-corrected chi connectivity index (χ3v) is 7.01. The number of ether oxygens (including phenoxy) is 1. The summed E-state index contributed by atoms with van der Waals surface area (Å²) in [5.74, 6) is 0.0526. The smallest absolute Gasteiger partial charge is 0.243 e. The second kappa shape index (κ2) is 5.21.